The molecule has 0 bridgehead atoms. The van der Waals surface area contributed by atoms with Crippen molar-refractivity contribution in [2.24, 2.45) is 4.99 Å². The lowest BCUT2D eigenvalue weighted by Crippen LogP contribution is -2.40. The number of thiazole rings is 1. The van der Waals surface area contributed by atoms with Crippen LogP contribution in [0.25, 0.3) is 6.08 Å². The first kappa shape index (κ1) is 27.1. The molecule has 3 aromatic rings. The number of esters is 1. The van der Waals surface area contributed by atoms with E-state index in [1.165, 1.54) is 23.0 Å². The molecular formula is C30H32N2O5S. The Morgan fingerprint density at radius 1 is 1.11 bits per heavy atom. The molecule has 0 saturated carbocycles. The van der Waals surface area contributed by atoms with E-state index in [2.05, 4.69) is 44.5 Å². The van der Waals surface area contributed by atoms with Gasteiger partial charge in [0.15, 0.2) is 16.3 Å². The highest BCUT2D eigenvalue weighted by molar-refractivity contribution is 7.07. The van der Waals surface area contributed by atoms with E-state index in [9.17, 15) is 9.59 Å². The number of carbonyl (C=O) groups is 1. The summed E-state index contributed by atoms with van der Waals surface area (Å²) in [5.41, 5.74) is 3.36. The third-order valence-corrected chi connectivity index (χ3v) is 7.35. The molecule has 2 heterocycles. The molecule has 0 spiro atoms. The van der Waals surface area contributed by atoms with Gasteiger partial charge in [0.25, 0.3) is 5.56 Å². The Morgan fingerprint density at radius 2 is 1.79 bits per heavy atom. The van der Waals surface area contributed by atoms with Gasteiger partial charge < -0.3 is 14.2 Å². The third kappa shape index (κ3) is 5.22. The lowest BCUT2D eigenvalue weighted by Gasteiger charge is -2.25. The van der Waals surface area contributed by atoms with Crippen molar-refractivity contribution >= 4 is 23.4 Å². The van der Waals surface area contributed by atoms with Crippen LogP contribution >= 0.6 is 11.3 Å². The van der Waals surface area contributed by atoms with Crippen LogP contribution in [0.1, 0.15) is 50.4 Å². The van der Waals surface area contributed by atoms with Crippen LogP contribution in [0.15, 0.2) is 76.2 Å². The van der Waals surface area contributed by atoms with E-state index in [0.29, 0.717) is 32.1 Å². The summed E-state index contributed by atoms with van der Waals surface area (Å²) in [6.07, 6.45) is 3.36. The molecule has 8 heteroatoms. The van der Waals surface area contributed by atoms with E-state index < -0.39 is 12.0 Å². The second kappa shape index (κ2) is 10.8. The molecule has 0 saturated heterocycles. The number of hydrogen-bond donors (Lipinski definition) is 0. The molecule has 7 nitrogen and oxygen atoms in total. The maximum atomic E-state index is 13.8. The molecule has 0 radical (unpaired) electrons. The molecule has 0 aliphatic carbocycles. The predicted molar refractivity (Wildman–Crippen MR) is 150 cm³/mol. The number of benzene rings is 2. The molecule has 1 aliphatic rings. The van der Waals surface area contributed by atoms with E-state index in [0.717, 1.165) is 5.56 Å². The van der Waals surface area contributed by atoms with Gasteiger partial charge >= 0.3 is 5.97 Å². The van der Waals surface area contributed by atoms with Gasteiger partial charge in [0.1, 0.15) is 6.61 Å². The van der Waals surface area contributed by atoms with E-state index in [-0.39, 0.29) is 23.2 Å². The predicted octanol–water partition coefficient (Wildman–Crippen LogP) is 4.28. The van der Waals surface area contributed by atoms with Gasteiger partial charge in [0.05, 0.1) is 36.1 Å². The zero-order valence-corrected chi connectivity index (χ0v) is 23.3. The highest BCUT2D eigenvalue weighted by Crippen LogP contribution is 2.36. The zero-order chi connectivity index (χ0) is 27.6. The summed E-state index contributed by atoms with van der Waals surface area (Å²) < 4.78 is 18.4. The van der Waals surface area contributed by atoms with Crippen LogP contribution in [0.2, 0.25) is 0 Å². The Hall–Kier alpha value is -3.91. The molecule has 38 heavy (non-hydrogen) atoms. The number of allylic oxidation sites excluding steroid dienone is 1. The van der Waals surface area contributed by atoms with Crippen LogP contribution in [0.5, 0.6) is 11.5 Å². The summed E-state index contributed by atoms with van der Waals surface area (Å²) in [5, 5.41) is 0. The van der Waals surface area contributed by atoms with Gasteiger partial charge in [-0.15, -0.1) is 0 Å². The SMILES string of the molecule is C=CCOC(=O)C1=C(C)N=c2sc(=Cc3ccc(C(C)(C)C)cc3)c(=O)n2C1c1ccc(OC)c(OC)c1. The van der Waals surface area contributed by atoms with Gasteiger partial charge in [0, 0.05) is 0 Å². The Bertz CT molecular complexity index is 1590. The number of aromatic nitrogens is 1. The summed E-state index contributed by atoms with van der Waals surface area (Å²) in [6.45, 7) is 11.9. The molecule has 4 rings (SSSR count). The molecule has 1 atom stereocenters. The van der Waals surface area contributed by atoms with Crippen molar-refractivity contribution in [3.05, 3.63) is 103 Å². The molecule has 1 aliphatic heterocycles. The minimum absolute atomic E-state index is 0.0332. The first-order valence-corrected chi connectivity index (χ1v) is 13.0. The number of nitrogens with zero attached hydrogens (tertiary/aromatic N) is 2. The van der Waals surface area contributed by atoms with Crippen LogP contribution in [-0.2, 0) is 14.9 Å². The van der Waals surface area contributed by atoms with Crippen LogP contribution in [0, 0.1) is 0 Å². The van der Waals surface area contributed by atoms with Crippen LogP contribution in [-0.4, -0.2) is 31.4 Å². The molecular weight excluding hydrogens is 500 g/mol. The lowest BCUT2D eigenvalue weighted by atomic mass is 9.87. The van der Waals surface area contributed by atoms with Crippen LogP contribution in [0.3, 0.4) is 0 Å². The van der Waals surface area contributed by atoms with Gasteiger partial charge in [-0.3, -0.25) is 9.36 Å². The largest absolute Gasteiger partial charge is 0.493 e. The Balaban J connectivity index is 1.91. The maximum absolute atomic E-state index is 13.8. The average Bonchev–Trinajstić information content (AvgIpc) is 3.19. The van der Waals surface area contributed by atoms with Crippen LogP contribution < -0.4 is 24.4 Å². The molecule has 0 fully saturated rings. The minimum atomic E-state index is -0.756. The highest BCUT2D eigenvalue weighted by atomic mass is 32.1. The Kier molecular flexibility index (Phi) is 7.73. The monoisotopic (exact) mass is 532 g/mol. The first-order valence-electron chi connectivity index (χ1n) is 12.2. The molecule has 198 valence electrons. The van der Waals surface area contributed by atoms with Crippen molar-refractivity contribution in [3.63, 3.8) is 0 Å². The summed E-state index contributed by atoms with van der Waals surface area (Å²) >= 11 is 1.29. The number of rotatable bonds is 7. The molecule has 2 aromatic carbocycles. The molecule has 1 unspecified atom stereocenters. The topological polar surface area (TPSA) is 79.1 Å². The number of ether oxygens (including phenoxy) is 3. The van der Waals surface area contributed by atoms with E-state index in [4.69, 9.17) is 14.2 Å². The van der Waals surface area contributed by atoms with Gasteiger partial charge in [-0.1, -0.05) is 75.1 Å². The molecule has 0 N–H and O–H groups in total. The standard InChI is InChI=1S/C30H32N2O5S/c1-8-15-37-28(34)25-18(2)31-29-32(26(25)20-11-14-22(35-6)23(17-20)36-7)27(33)24(38-29)16-19-9-12-21(13-10-19)30(3,4)5/h8-14,16-17,26H,1,15H2,2-7H3. The number of carbonyl (C=O) groups excluding carboxylic acids is 1. The zero-order valence-electron chi connectivity index (χ0n) is 22.5. The minimum Gasteiger partial charge on any atom is -0.493 e. The highest BCUT2D eigenvalue weighted by Gasteiger charge is 2.34. The number of hydrogen-bond acceptors (Lipinski definition) is 7. The van der Waals surface area contributed by atoms with Gasteiger partial charge in [-0.05, 0) is 47.2 Å². The summed E-state index contributed by atoms with van der Waals surface area (Å²) in [7, 11) is 3.09. The van der Waals surface area contributed by atoms with Gasteiger partial charge in [0.2, 0.25) is 0 Å². The summed E-state index contributed by atoms with van der Waals surface area (Å²) in [4.78, 5) is 32.2. The lowest BCUT2D eigenvalue weighted by molar-refractivity contribution is -0.138. The van der Waals surface area contributed by atoms with Crippen molar-refractivity contribution in [2.45, 2.75) is 39.2 Å². The molecule has 1 aromatic heterocycles. The fourth-order valence-electron chi connectivity index (χ4n) is 4.36. The normalized spacial score (nSPS) is 15.5. The second-order valence-electron chi connectivity index (χ2n) is 9.96. The fourth-order valence-corrected chi connectivity index (χ4v) is 5.41. The van der Waals surface area contributed by atoms with Gasteiger partial charge in [-0.25, -0.2) is 9.79 Å². The van der Waals surface area contributed by atoms with E-state index in [1.807, 2.05) is 24.3 Å². The van der Waals surface area contributed by atoms with Crippen molar-refractivity contribution in [1.29, 1.82) is 0 Å². The van der Waals surface area contributed by atoms with Crippen molar-refractivity contribution in [3.8, 4) is 11.5 Å². The Morgan fingerprint density at radius 3 is 2.39 bits per heavy atom. The first-order chi connectivity index (χ1) is 18.1. The van der Waals surface area contributed by atoms with Crippen LogP contribution in [0.4, 0.5) is 0 Å². The third-order valence-electron chi connectivity index (χ3n) is 6.37. The quantitative estimate of drug-likeness (QED) is 0.335. The van der Waals surface area contributed by atoms with E-state index >= 15 is 0 Å². The summed E-state index contributed by atoms with van der Waals surface area (Å²) in [5.74, 6) is 0.469. The van der Waals surface area contributed by atoms with Crippen molar-refractivity contribution in [2.75, 3.05) is 20.8 Å². The number of fused-ring (bicyclic) bond motifs is 1. The van der Waals surface area contributed by atoms with Gasteiger partial charge in [-0.2, -0.15) is 0 Å². The van der Waals surface area contributed by atoms with Crippen molar-refractivity contribution < 1.29 is 19.0 Å². The van der Waals surface area contributed by atoms with E-state index in [1.54, 1.807) is 37.8 Å². The maximum Gasteiger partial charge on any atom is 0.338 e. The number of methoxy groups -OCH3 is 2. The summed E-state index contributed by atoms with van der Waals surface area (Å²) in [6, 6.07) is 12.7. The second-order valence-corrected chi connectivity index (χ2v) is 11.0. The smallest absolute Gasteiger partial charge is 0.338 e. The Labute approximate surface area is 226 Å². The molecule has 0 amide bonds. The average molecular weight is 533 g/mol. The fraction of sp³-hybridized carbons (Fsp3) is 0.300. The van der Waals surface area contributed by atoms with Crippen molar-refractivity contribution in [1.82, 2.24) is 4.57 Å².